The highest BCUT2D eigenvalue weighted by Gasteiger charge is 2.58. The summed E-state index contributed by atoms with van der Waals surface area (Å²) in [6, 6.07) is 0. The van der Waals surface area contributed by atoms with E-state index >= 15 is 0 Å². The number of rotatable bonds is 6. The smallest absolute Gasteiger partial charge is 0.256 e. The molecule has 30 heavy (non-hydrogen) atoms. The lowest BCUT2D eigenvalue weighted by Crippen LogP contribution is -2.66. The molecule has 1 amide bonds. The number of nitrogens with one attached hydrogen (secondary N) is 1. The van der Waals surface area contributed by atoms with Gasteiger partial charge in [0, 0.05) is 25.3 Å². The van der Waals surface area contributed by atoms with E-state index in [1.54, 1.807) is 11.9 Å². The van der Waals surface area contributed by atoms with Gasteiger partial charge >= 0.3 is 0 Å². The normalized spacial score (nSPS) is 38.1. The molecular weight excluding hydrogens is 384 g/mol. The molecule has 0 aromatic rings. The SMILES string of the molecule is CCCCN1C(C=NC)=C(N)C(O)=C(C(=O)NC23CC4CC(CC(O)(C4)C2)C3)C1O. The van der Waals surface area contributed by atoms with Gasteiger partial charge in [-0.05, 0) is 56.8 Å². The highest BCUT2D eigenvalue weighted by molar-refractivity contribution is 5.97. The molecule has 0 spiro atoms. The first kappa shape index (κ1) is 21.2. The number of nitrogens with two attached hydrogens (primary N) is 1. The van der Waals surface area contributed by atoms with Crippen molar-refractivity contribution < 1.29 is 20.1 Å². The Kier molecular flexibility index (Phi) is 5.34. The van der Waals surface area contributed by atoms with Gasteiger partial charge in [-0.25, -0.2) is 0 Å². The first-order chi connectivity index (χ1) is 14.2. The van der Waals surface area contributed by atoms with Gasteiger partial charge in [-0.1, -0.05) is 13.3 Å². The van der Waals surface area contributed by atoms with E-state index in [4.69, 9.17) is 5.73 Å². The summed E-state index contributed by atoms with van der Waals surface area (Å²) >= 11 is 0. The fourth-order valence-electron chi connectivity index (χ4n) is 6.56. The number of unbranched alkanes of at least 4 members (excludes halogenated alkanes) is 1. The van der Waals surface area contributed by atoms with Gasteiger partial charge < -0.3 is 31.3 Å². The molecule has 1 aliphatic heterocycles. The molecule has 8 nitrogen and oxygen atoms in total. The van der Waals surface area contributed by atoms with Crippen LogP contribution >= 0.6 is 0 Å². The second-order valence-electron chi connectivity index (χ2n) is 9.79. The summed E-state index contributed by atoms with van der Waals surface area (Å²) in [6.45, 7) is 2.52. The molecule has 4 aliphatic carbocycles. The van der Waals surface area contributed by atoms with Crippen molar-refractivity contribution in [1.29, 1.82) is 0 Å². The standard InChI is InChI=1S/C22H34N4O4/c1-3-4-5-26-15(11-24-2)17(23)18(27)16(20(26)29)19(28)25-21-7-13-6-14(8-21)10-22(30,9-13)12-21/h11,13-14,20,27,29-30H,3-10,12,23H2,1-2H3,(H,25,28). The van der Waals surface area contributed by atoms with Crippen molar-refractivity contribution in [3.63, 3.8) is 0 Å². The predicted octanol–water partition coefficient (Wildman–Crippen LogP) is 1.30. The Balaban J connectivity index is 1.63. The third-order valence-electron chi connectivity index (χ3n) is 7.31. The maximum absolute atomic E-state index is 13.3. The number of hydrogen-bond acceptors (Lipinski definition) is 7. The van der Waals surface area contributed by atoms with E-state index in [0.717, 1.165) is 44.9 Å². The van der Waals surface area contributed by atoms with Crippen molar-refractivity contribution in [3.8, 4) is 0 Å². The molecule has 5 aliphatic rings. The number of nitrogens with zero attached hydrogens (tertiary/aromatic N) is 2. The minimum absolute atomic E-state index is 0.0382. The monoisotopic (exact) mass is 418 g/mol. The number of aliphatic imine (C=N–C) groups is 1. The molecule has 4 fully saturated rings. The molecule has 0 radical (unpaired) electrons. The van der Waals surface area contributed by atoms with Crippen LogP contribution in [0.1, 0.15) is 58.3 Å². The lowest BCUT2D eigenvalue weighted by atomic mass is 9.51. The fraction of sp³-hybridized carbons (Fsp3) is 0.727. The summed E-state index contributed by atoms with van der Waals surface area (Å²) in [5.41, 5.74) is 5.28. The third-order valence-corrected chi connectivity index (χ3v) is 7.31. The molecule has 0 saturated heterocycles. The Morgan fingerprint density at radius 1 is 1.33 bits per heavy atom. The number of carbonyl (C=O) groups excluding carboxylic acids is 1. The molecule has 0 aromatic carbocycles. The highest BCUT2D eigenvalue weighted by Crippen LogP contribution is 2.57. The van der Waals surface area contributed by atoms with Crippen LogP contribution in [0.3, 0.4) is 0 Å². The predicted molar refractivity (Wildman–Crippen MR) is 113 cm³/mol. The molecule has 6 N–H and O–H groups in total. The average molecular weight is 419 g/mol. The summed E-state index contributed by atoms with van der Waals surface area (Å²) in [7, 11) is 1.59. The van der Waals surface area contributed by atoms with Crippen molar-refractivity contribution in [2.45, 2.75) is 75.7 Å². The van der Waals surface area contributed by atoms with Crippen LogP contribution in [0.15, 0.2) is 27.7 Å². The molecule has 0 aromatic heterocycles. The number of aliphatic hydroxyl groups excluding tert-OH is 2. The summed E-state index contributed by atoms with van der Waals surface area (Å²) < 4.78 is 0. The first-order valence-corrected chi connectivity index (χ1v) is 11.1. The average Bonchev–Trinajstić information content (AvgIpc) is 2.63. The Morgan fingerprint density at radius 3 is 2.57 bits per heavy atom. The Labute approximate surface area is 177 Å². The van der Waals surface area contributed by atoms with Crippen LogP contribution in [0.4, 0.5) is 0 Å². The van der Waals surface area contributed by atoms with Gasteiger partial charge in [0.25, 0.3) is 5.91 Å². The van der Waals surface area contributed by atoms with Crippen LogP contribution in [0, 0.1) is 11.8 Å². The Bertz CT molecular complexity index is 804. The second-order valence-corrected chi connectivity index (χ2v) is 9.79. The quantitative estimate of drug-likeness (QED) is 0.413. The highest BCUT2D eigenvalue weighted by atomic mass is 16.3. The van der Waals surface area contributed by atoms with Crippen molar-refractivity contribution in [2.24, 2.45) is 22.6 Å². The maximum atomic E-state index is 13.3. The van der Waals surface area contributed by atoms with Crippen molar-refractivity contribution >= 4 is 12.1 Å². The van der Waals surface area contributed by atoms with Crippen molar-refractivity contribution in [2.75, 3.05) is 13.6 Å². The summed E-state index contributed by atoms with van der Waals surface area (Å²) in [6.07, 6.45) is 6.79. The van der Waals surface area contributed by atoms with Gasteiger partial charge in [0.2, 0.25) is 0 Å². The zero-order valence-corrected chi connectivity index (χ0v) is 17.9. The van der Waals surface area contributed by atoms with E-state index in [-0.39, 0.29) is 11.3 Å². The summed E-state index contributed by atoms with van der Waals surface area (Å²) in [5, 5.41) is 35.8. The summed E-state index contributed by atoms with van der Waals surface area (Å²) in [5.74, 6) is -0.0869. The van der Waals surface area contributed by atoms with E-state index in [2.05, 4.69) is 10.3 Å². The molecule has 1 heterocycles. The van der Waals surface area contributed by atoms with Crippen LogP contribution in [-0.2, 0) is 4.79 Å². The molecule has 4 bridgehead atoms. The molecule has 166 valence electrons. The Morgan fingerprint density at radius 2 is 2.00 bits per heavy atom. The summed E-state index contributed by atoms with van der Waals surface area (Å²) in [4.78, 5) is 18.9. The van der Waals surface area contributed by atoms with Crippen molar-refractivity contribution in [3.05, 3.63) is 22.7 Å². The minimum Gasteiger partial charge on any atom is -0.505 e. The second kappa shape index (κ2) is 7.57. The zero-order valence-electron chi connectivity index (χ0n) is 17.9. The van der Waals surface area contributed by atoms with Gasteiger partial charge in [0.05, 0.1) is 17.0 Å². The van der Waals surface area contributed by atoms with Crippen LogP contribution in [-0.4, -0.2) is 63.3 Å². The van der Waals surface area contributed by atoms with Crippen molar-refractivity contribution in [1.82, 2.24) is 10.2 Å². The van der Waals surface area contributed by atoms with Gasteiger partial charge in [-0.2, -0.15) is 0 Å². The minimum atomic E-state index is -1.31. The number of aliphatic hydroxyl groups is 3. The molecule has 3 atom stereocenters. The van der Waals surface area contributed by atoms with Crippen LogP contribution < -0.4 is 11.1 Å². The number of allylic oxidation sites excluding steroid dienone is 1. The van der Waals surface area contributed by atoms with Gasteiger partial charge in [0.15, 0.2) is 12.0 Å². The largest absolute Gasteiger partial charge is 0.505 e. The van der Waals surface area contributed by atoms with E-state index in [1.165, 1.54) is 6.21 Å². The zero-order chi connectivity index (χ0) is 21.7. The number of hydrogen-bond donors (Lipinski definition) is 5. The van der Waals surface area contributed by atoms with E-state index in [0.29, 0.717) is 30.5 Å². The third kappa shape index (κ3) is 3.50. The lowest BCUT2D eigenvalue weighted by molar-refractivity contribution is -0.150. The molecular formula is C22H34N4O4. The topological polar surface area (TPSA) is 131 Å². The van der Waals surface area contributed by atoms with Gasteiger partial charge in [-0.15, -0.1) is 0 Å². The molecule has 5 rings (SSSR count). The number of carbonyl (C=O) groups is 1. The molecule has 3 unspecified atom stereocenters. The van der Waals surface area contributed by atoms with E-state index < -0.39 is 29.0 Å². The first-order valence-electron chi connectivity index (χ1n) is 11.1. The lowest BCUT2D eigenvalue weighted by Gasteiger charge is -2.60. The van der Waals surface area contributed by atoms with Crippen LogP contribution in [0.25, 0.3) is 0 Å². The molecule has 8 heteroatoms. The maximum Gasteiger partial charge on any atom is 0.256 e. The van der Waals surface area contributed by atoms with Gasteiger partial charge in [-0.3, -0.25) is 9.79 Å². The van der Waals surface area contributed by atoms with E-state index in [1.807, 2.05) is 6.92 Å². The Hall–Kier alpha value is -2.06. The van der Waals surface area contributed by atoms with Crippen LogP contribution in [0.5, 0.6) is 0 Å². The number of amides is 1. The van der Waals surface area contributed by atoms with Gasteiger partial charge in [0.1, 0.15) is 5.57 Å². The van der Waals surface area contributed by atoms with E-state index in [9.17, 15) is 20.1 Å². The fourth-order valence-corrected chi connectivity index (χ4v) is 6.56. The van der Waals surface area contributed by atoms with Crippen LogP contribution in [0.2, 0.25) is 0 Å². The molecule has 4 saturated carbocycles.